The average molecular weight is 542 g/mol. The first-order chi connectivity index (χ1) is 17.8. The Morgan fingerprint density at radius 1 is 1.32 bits per heavy atom. The number of nitrogens with zero attached hydrogens (tertiary/aromatic N) is 3. The topological polar surface area (TPSA) is 105 Å². The minimum atomic E-state index is -0.925. The summed E-state index contributed by atoms with van der Waals surface area (Å²) in [5, 5.41) is 7.15. The summed E-state index contributed by atoms with van der Waals surface area (Å²) < 4.78 is 11.1. The fourth-order valence-corrected chi connectivity index (χ4v) is 5.19. The van der Waals surface area contributed by atoms with E-state index < -0.39 is 17.2 Å². The second-order valence-corrected chi connectivity index (χ2v) is 11.5. The summed E-state index contributed by atoms with van der Waals surface area (Å²) in [6.07, 6.45) is 2.37. The standard InChI is InChI=1S/C28H36ClN5O4/c1-17-10-11-19(16-30-17)31-22-9-7-8-21(24(22)29)28(6)15-23(35)34(20-12-13-37-18(2)14-20)25(33-28)32-26(36)38-27(3,4)5/h7-11,16,18,20,31H,12-15H2,1-6H3,(H,32,33,36)/t18-,20+,28-/m0/s1. The minimum Gasteiger partial charge on any atom is -0.442 e. The number of halogens is 1. The Kier molecular flexibility index (Phi) is 7.99. The largest absolute Gasteiger partial charge is 0.442 e. The molecule has 0 aliphatic carbocycles. The summed E-state index contributed by atoms with van der Waals surface area (Å²) in [5.74, 6) is 0.0130. The molecule has 0 unspecified atom stereocenters. The molecule has 2 aromatic rings. The van der Waals surface area contributed by atoms with Gasteiger partial charge in [0.1, 0.15) is 5.60 Å². The molecule has 2 N–H and O–H groups in total. The van der Waals surface area contributed by atoms with Gasteiger partial charge in [0.2, 0.25) is 11.9 Å². The van der Waals surface area contributed by atoms with Crippen LogP contribution in [0.25, 0.3) is 0 Å². The van der Waals surface area contributed by atoms with E-state index in [0.29, 0.717) is 35.7 Å². The number of hydrogen-bond donors (Lipinski definition) is 2. The third-order valence-corrected chi connectivity index (χ3v) is 6.99. The molecule has 2 aliphatic heterocycles. The zero-order valence-corrected chi connectivity index (χ0v) is 23.6. The van der Waals surface area contributed by atoms with Gasteiger partial charge < -0.3 is 20.1 Å². The molecular formula is C28H36ClN5O4. The normalized spacial score (nSPS) is 25.2. The zero-order valence-electron chi connectivity index (χ0n) is 22.8. The molecule has 38 heavy (non-hydrogen) atoms. The van der Waals surface area contributed by atoms with Crippen LogP contribution in [0.15, 0.2) is 41.5 Å². The van der Waals surface area contributed by atoms with Gasteiger partial charge in [-0.05, 0) is 78.1 Å². The number of pyridine rings is 1. The maximum Gasteiger partial charge on any atom is 0.437 e. The number of benzene rings is 1. The number of anilines is 2. The molecule has 10 heteroatoms. The van der Waals surface area contributed by atoms with Gasteiger partial charge in [0.15, 0.2) is 0 Å². The van der Waals surface area contributed by atoms with Crippen LogP contribution in [-0.4, -0.2) is 52.2 Å². The van der Waals surface area contributed by atoms with Crippen LogP contribution in [0.2, 0.25) is 5.02 Å². The second-order valence-electron chi connectivity index (χ2n) is 11.2. The van der Waals surface area contributed by atoms with Gasteiger partial charge in [0.05, 0.1) is 40.7 Å². The Labute approximate surface area is 229 Å². The molecule has 3 atom stereocenters. The zero-order chi connectivity index (χ0) is 27.7. The van der Waals surface area contributed by atoms with Gasteiger partial charge in [0, 0.05) is 18.3 Å². The minimum absolute atomic E-state index is 0.00824. The van der Waals surface area contributed by atoms with Crippen LogP contribution < -0.4 is 10.6 Å². The Bertz CT molecular complexity index is 1230. The van der Waals surface area contributed by atoms with E-state index in [4.69, 9.17) is 21.1 Å². The van der Waals surface area contributed by atoms with Crippen LogP contribution >= 0.6 is 11.6 Å². The van der Waals surface area contributed by atoms with E-state index in [0.717, 1.165) is 11.4 Å². The first-order valence-corrected chi connectivity index (χ1v) is 13.2. The maximum absolute atomic E-state index is 13.7. The number of carbonyl (C=O) groups is 2. The van der Waals surface area contributed by atoms with Crippen LogP contribution in [0.4, 0.5) is 16.2 Å². The van der Waals surface area contributed by atoms with Crippen LogP contribution in [-0.2, 0) is 19.8 Å². The quantitative estimate of drug-likeness (QED) is 0.512. The summed E-state index contributed by atoms with van der Waals surface area (Å²) in [4.78, 5) is 36.7. The molecule has 9 nitrogen and oxygen atoms in total. The number of carbonyl (C=O) groups excluding carboxylic acids is 2. The highest BCUT2D eigenvalue weighted by atomic mass is 35.5. The summed E-state index contributed by atoms with van der Waals surface area (Å²) in [6, 6.07) is 9.30. The van der Waals surface area contributed by atoms with Crippen LogP contribution in [0.3, 0.4) is 0 Å². The molecule has 204 valence electrons. The molecule has 4 rings (SSSR count). The lowest BCUT2D eigenvalue weighted by molar-refractivity contribution is -0.134. The van der Waals surface area contributed by atoms with Crippen molar-refractivity contribution in [2.75, 3.05) is 11.9 Å². The van der Waals surface area contributed by atoms with Crippen molar-refractivity contribution in [3.8, 4) is 0 Å². The number of aromatic nitrogens is 1. The highest BCUT2D eigenvalue weighted by Gasteiger charge is 2.45. The van der Waals surface area contributed by atoms with Gasteiger partial charge in [-0.15, -0.1) is 4.99 Å². The predicted octanol–water partition coefficient (Wildman–Crippen LogP) is 5.68. The summed E-state index contributed by atoms with van der Waals surface area (Å²) in [7, 11) is 0. The van der Waals surface area contributed by atoms with Crippen LogP contribution in [0, 0.1) is 6.92 Å². The average Bonchev–Trinajstić information content (AvgIpc) is 2.80. The lowest BCUT2D eigenvalue weighted by Crippen LogP contribution is -2.63. The van der Waals surface area contributed by atoms with Gasteiger partial charge in [-0.25, -0.2) is 4.79 Å². The Morgan fingerprint density at radius 2 is 2.08 bits per heavy atom. The van der Waals surface area contributed by atoms with Crippen LogP contribution in [0.1, 0.15) is 65.1 Å². The number of nitrogens with one attached hydrogen (secondary N) is 2. The molecule has 1 aromatic heterocycles. The van der Waals surface area contributed by atoms with E-state index >= 15 is 0 Å². The Balaban J connectivity index is 1.69. The SMILES string of the molecule is Cc1ccc(Nc2cccc([C@]3(C)CC(=O)N([C@@H]4CCO[C@@H](C)C4)/C(=N/C(=O)OC(C)(C)C)N3)c2Cl)cn1. The highest BCUT2D eigenvalue weighted by Crippen LogP contribution is 2.39. The fraction of sp³-hybridized carbons (Fsp3) is 0.500. The van der Waals surface area contributed by atoms with Crippen molar-refractivity contribution in [2.45, 2.75) is 84.1 Å². The molecule has 2 fully saturated rings. The number of hydrogen-bond acceptors (Lipinski definition) is 6. The monoisotopic (exact) mass is 541 g/mol. The molecule has 0 radical (unpaired) electrons. The van der Waals surface area contributed by atoms with E-state index in [2.05, 4.69) is 20.6 Å². The molecule has 0 bridgehead atoms. The number of aliphatic imine (C=N–C) groups is 1. The number of guanidine groups is 1. The number of aryl methyl sites for hydroxylation is 1. The van der Waals surface area contributed by atoms with Crippen molar-refractivity contribution < 1.29 is 19.1 Å². The van der Waals surface area contributed by atoms with Crippen molar-refractivity contribution >= 4 is 40.9 Å². The Hall–Kier alpha value is -3.17. The first kappa shape index (κ1) is 27.9. The number of ether oxygens (including phenoxy) is 2. The third kappa shape index (κ3) is 6.45. The van der Waals surface area contributed by atoms with E-state index in [1.165, 1.54) is 0 Å². The molecule has 2 amide bonds. The van der Waals surface area contributed by atoms with E-state index in [1.54, 1.807) is 31.9 Å². The van der Waals surface area contributed by atoms with Gasteiger partial charge in [-0.1, -0.05) is 23.7 Å². The third-order valence-electron chi connectivity index (χ3n) is 6.59. The number of rotatable bonds is 4. The summed E-state index contributed by atoms with van der Waals surface area (Å²) in [5.41, 5.74) is 1.43. The van der Waals surface area contributed by atoms with Crippen LogP contribution in [0.5, 0.6) is 0 Å². The molecular weight excluding hydrogens is 506 g/mol. The van der Waals surface area contributed by atoms with Crippen molar-refractivity contribution in [3.63, 3.8) is 0 Å². The fourth-order valence-electron chi connectivity index (χ4n) is 4.81. The summed E-state index contributed by atoms with van der Waals surface area (Å²) in [6.45, 7) is 11.6. The maximum atomic E-state index is 13.7. The van der Waals surface area contributed by atoms with Gasteiger partial charge in [-0.3, -0.25) is 14.7 Å². The van der Waals surface area contributed by atoms with E-state index in [9.17, 15) is 9.59 Å². The number of amides is 2. The predicted molar refractivity (Wildman–Crippen MR) is 148 cm³/mol. The second kappa shape index (κ2) is 10.9. The first-order valence-electron chi connectivity index (χ1n) is 12.9. The molecule has 0 spiro atoms. The van der Waals surface area contributed by atoms with Gasteiger partial charge in [0.25, 0.3) is 0 Å². The highest BCUT2D eigenvalue weighted by molar-refractivity contribution is 6.34. The van der Waals surface area contributed by atoms with Crippen molar-refractivity contribution in [3.05, 3.63) is 52.8 Å². The molecule has 2 saturated heterocycles. The van der Waals surface area contributed by atoms with Gasteiger partial charge in [-0.2, -0.15) is 0 Å². The van der Waals surface area contributed by atoms with Crippen molar-refractivity contribution in [1.82, 2.24) is 15.2 Å². The smallest absolute Gasteiger partial charge is 0.437 e. The molecule has 1 aromatic carbocycles. The van der Waals surface area contributed by atoms with Crippen molar-refractivity contribution in [1.29, 1.82) is 0 Å². The lowest BCUT2D eigenvalue weighted by Gasteiger charge is -2.46. The van der Waals surface area contributed by atoms with E-state index in [1.807, 2.05) is 51.1 Å². The molecule has 2 aliphatic rings. The lowest BCUT2D eigenvalue weighted by atomic mass is 9.85. The molecule has 3 heterocycles. The molecule has 0 saturated carbocycles. The van der Waals surface area contributed by atoms with E-state index in [-0.39, 0.29) is 30.4 Å². The van der Waals surface area contributed by atoms with Gasteiger partial charge >= 0.3 is 6.09 Å². The Morgan fingerprint density at radius 3 is 2.74 bits per heavy atom. The summed E-state index contributed by atoms with van der Waals surface area (Å²) >= 11 is 6.91. The van der Waals surface area contributed by atoms with Crippen molar-refractivity contribution in [2.24, 2.45) is 4.99 Å².